The van der Waals surface area contributed by atoms with Crippen molar-refractivity contribution in [3.8, 4) is 17.2 Å². The van der Waals surface area contributed by atoms with Crippen LogP contribution in [-0.4, -0.2) is 41.1 Å². The summed E-state index contributed by atoms with van der Waals surface area (Å²) in [5.41, 5.74) is 0.500. The molecule has 0 aliphatic carbocycles. The molecule has 0 unspecified atom stereocenters. The molecule has 0 aromatic heterocycles. The lowest BCUT2D eigenvalue weighted by molar-refractivity contribution is -0.149. The molecule has 2 aromatic rings. The summed E-state index contributed by atoms with van der Waals surface area (Å²) in [5, 5.41) is 10.9. The molecule has 2 N–H and O–H groups in total. The van der Waals surface area contributed by atoms with E-state index >= 15 is 0 Å². The number of hydrogen-bond donors (Lipinski definition) is 2. The molecule has 1 aliphatic rings. The summed E-state index contributed by atoms with van der Waals surface area (Å²) < 4.78 is 15.9. The van der Waals surface area contributed by atoms with Crippen molar-refractivity contribution in [2.24, 2.45) is 0 Å². The fraction of sp³-hybridized carbons (Fsp3) is 0.238. The van der Waals surface area contributed by atoms with Gasteiger partial charge in [-0.15, -0.1) is 0 Å². The largest absolute Gasteiger partial charge is 0.483 e. The number of esters is 2. The lowest BCUT2D eigenvalue weighted by Crippen LogP contribution is -2.38. The van der Waals surface area contributed by atoms with E-state index in [4.69, 9.17) is 19.3 Å². The second kappa shape index (κ2) is 8.24. The molecule has 30 heavy (non-hydrogen) atoms. The molecule has 9 heteroatoms. The third-order valence-electron chi connectivity index (χ3n) is 4.17. The Balaban J connectivity index is 1.51. The fourth-order valence-corrected chi connectivity index (χ4v) is 2.87. The summed E-state index contributed by atoms with van der Waals surface area (Å²) in [6.07, 6.45) is 0.670. The van der Waals surface area contributed by atoms with Crippen molar-refractivity contribution in [2.45, 2.75) is 25.9 Å². The Bertz CT molecular complexity index is 1010. The van der Waals surface area contributed by atoms with E-state index in [1.54, 1.807) is 12.1 Å². The molecule has 0 saturated carbocycles. The van der Waals surface area contributed by atoms with Crippen molar-refractivity contribution >= 4 is 23.8 Å². The lowest BCUT2D eigenvalue weighted by Gasteiger charge is -2.18. The van der Waals surface area contributed by atoms with E-state index in [9.17, 15) is 19.2 Å². The molecule has 2 aromatic carbocycles. The number of carbonyl (C=O) groups is 4. The highest BCUT2D eigenvalue weighted by atomic mass is 16.6. The van der Waals surface area contributed by atoms with E-state index in [0.29, 0.717) is 12.2 Å². The fourth-order valence-electron chi connectivity index (χ4n) is 2.87. The van der Waals surface area contributed by atoms with E-state index in [1.807, 2.05) is 19.9 Å². The number of carboxylic acid groups (broad SMARTS) is 1. The smallest absolute Gasteiger partial charge is 0.402 e. The predicted octanol–water partition coefficient (Wildman–Crippen LogP) is 1.73. The van der Waals surface area contributed by atoms with Gasteiger partial charge in [0.05, 0.1) is 5.56 Å². The van der Waals surface area contributed by atoms with Crippen LogP contribution >= 0.6 is 0 Å². The number of carbonyl (C=O) groups excluding carboxylic acids is 3. The number of carboxylic acids is 1. The molecule has 3 rings (SSSR count). The monoisotopic (exact) mass is 413 g/mol. The van der Waals surface area contributed by atoms with Gasteiger partial charge in [0.1, 0.15) is 17.9 Å². The number of fused-ring (bicyclic) bond motifs is 1. The normalized spacial score (nSPS) is 13.5. The van der Waals surface area contributed by atoms with Crippen molar-refractivity contribution in [1.29, 1.82) is 0 Å². The first-order valence-electron chi connectivity index (χ1n) is 8.99. The van der Waals surface area contributed by atoms with Gasteiger partial charge in [-0.3, -0.25) is 4.79 Å². The third kappa shape index (κ3) is 4.93. The van der Waals surface area contributed by atoms with Gasteiger partial charge in [-0.25, -0.2) is 14.4 Å². The Morgan fingerprint density at radius 1 is 1.07 bits per heavy atom. The number of rotatable bonds is 5. The van der Waals surface area contributed by atoms with Gasteiger partial charge in [-0.05, 0) is 44.2 Å². The summed E-state index contributed by atoms with van der Waals surface area (Å²) >= 11 is 0. The van der Waals surface area contributed by atoms with Crippen molar-refractivity contribution in [2.75, 3.05) is 6.54 Å². The number of benzene rings is 2. The molecule has 0 fully saturated rings. The highest BCUT2D eigenvalue weighted by Gasteiger charge is 2.32. The van der Waals surface area contributed by atoms with Crippen LogP contribution in [0.25, 0.3) is 0 Å². The van der Waals surface area contributed by atoms with Crippen molar-refractivity contribution in [3.63, 3.8) is 0 Å². The predicted molar refractivity (Wildman–Crippen MR) is 103 cm³/mol. The van der Waals surface area contributed by atoms with Gasteiger partial charge in [-0.2, -0.15) is 0 Å². The zero-order valence-electron chi connectivity index (χ0n) is 16.3. The average Bonchev–Trinajstić information content (AvgIpc) is 3.01. The molecule has 1 heterocycles. The van der Waals surface area contributed by atoms with Gasteiger partial charge in [0.25, 0.3) is 0 Å². The van der Waals surface area contributed by atoms with Crippen LogP contribution in [0.15, 0.2) is 42.5 Å². The Morgan fingerprint density at radius 3 is 2.43 bits per heavy atom. The van der Waals surface area contributed by atoms with E-state index < -0.39 is 36.0 Å². The number of ether oxygens (including phenoxy) is 3. The minimum atomic E-state index is -1.25. The molecule has 0 bridgehead atoms. The van der Waals surface area contributed by atoms with Gasteiger partial charge in [0.15, 0.2) is 11.5 Å². The van der Waals surface area contributed by atoms with Crippen LogP contribution in [-0.2, 0) is 20.8 Å². The summed E-state index contributed by atoms with van der Waals surface area (Å²) in [6.45, 7) is 3.28. The number of amides is 1. The SMILES string of the molecule is CC1(C)Cc2cccc(OC(=O)CNC(=O)C(=O)Oc3ccc(C(=O)O)cc3)c2O1. The molecular formula is C21H19NO8. The number of aromatic carboxylic acids is 1. The molecule has 9 nitrogen and oxygen atoms in total. The Labute approximate surface area is 171 Å². The van der Waals surface area contributed by atoms with E-state index in [1.165, 1.54) is 24.3 Å². The molecule has 156 valence electrons. The summed E-state index contributed by atoms with van der Waals surface area (Å²) in [4.78, 5) is 46.5. The highest BCUT2D eigenvalue weighted by Crippen LogP contribution is 2.41. The number of para-hydroxylation sites is 1. The molecule has 0 radical (unpaired) electrons. The molecule has 0 spiro atoms. The maximum Gasteiger partial charge on any atom is 0.402 e. The lowest BCUT2D eigenvalue weighted by atomic mass is 10.0. The summed E-state index contributed by atoms with van der Waals surface area (Å²) in [6, 6.07) is 10.1. The Morgan fingerprint density at radius 2 is 1.77 bits per heavy atom. The molecule has 0 atom stereocenters. The number of hydrogen-bond acceptors (Lipinski definition) is 7. The molecule has 0 saturated heterocycles. The zero-order valence-corrected chi connectivity index (χ0v) is 16.3. The first-order valence-corrected chi connectivity index (χ1v) is 8.99. The van der Waals surface area contributed by atoms with Crippen LogP contribution < -0.4 is 19.5 Å². The minimum absolute atomic E-state index is 0.00163. The van der Waals surface area contributed by atoms with E-state index in [2.05, 4.69) is 5.32 Å². The first kappa shape index (κ1) is 20.8. The topological polar surface area (TPSA) is 128 Å². The quantitative estimate of drug-likeness (QED) is 0.431. The van der Waals surface area contributed by atoms with Crippen LogP contribution in [0.3, 0.4) is 0 Å². The van der Waals surface area contributed by atoms with Gasteiger partial charge in [0, 0.05) is 12.0 Å². The Kier molecular flexibility index (Phi) is 5.72. The average molecular weight is 413 g/mol. The van der Waals surface area contributed by atoms with Crippen molar-refractivity contribution < 1.29 is 38.5 Å². The molecular weight excluding hydrogens is 394 g/mol. The van der Waals surface area contributed by atoms with Crippen LogP contribution in [0.5, 0.6) is 17.2 Å². The summed E-state index contributed by atoms with van der Waals surface area (Å²) in [5.74, 6) is -3.63. The van der Waals surface area contributed by atoms with Crippen molar-refractivity contribution in [3.05, 3.63) is 53.6 Å². The van der Waals surface area contributed by atoms with Gasteiger partial charge < -0.3 is 24.6 Å². The summed E-state index contributed by atoms with van der Waals surface area (Å²) in [7, 11) is 0. The maximum absolute atomic E-state index is 12.1. The third-order valence-corrected chi connectivity index (χ3v) is 4.17. The zero-order chi connectivity index (χ0) is 21.9. The highest BCUT2D eigenvalue weighted by molar-refractivity contribution is 6.33. The molecule has 1 aliphatic heterocycles. The maximum atomic E-state index is 12.1. The van der Waals surface area contributed by atoms with Crippen LogP contribution in [0.1, 0.15) is 29.8 Å². The second-order valence-electron chi connectivity index (χ2n) is 7.16. The molecule has 1 amide bonds. The Hall–Kier alpha value is -3.88. The van der Waals surface area contributed by atoms with E-state index in [0.717, 1.165) is 5.56 Å². The van der Waals surface area contributed by atoms with Gasteiger partial charge in [-0.1, -0.05) is 12.1 Å². The first-order chi connectivity index (χ1) is 14.1. The van der Waals surface area contributed by atoms with Crippen LogP contribution in [0.2, 0.25) is 0 Å². The van der Waals surface area contributed by atoms with E-state index in [-0.39, 0.29) is 17.1 Å². The van der Waals surface area contributed by atoms with Gasteiger partial charge >= 0.3 is 23.8 Å². The standard InChI is InChI=1S/C21H19NO8/c1-21(2)10-13-4-3-5-15(17(13)30-21)29-16(23)11-22-18(24)20(27)28-14-8-6-12(7-9-14)19(25)26/h3-9H,10-11H2,1-2H3,(H,22,24)(H,25,26). The minimum Gasteiger partial charge on any atom is -0.483 e. The number of nitrogens with one attached hydrogen (secondary N) is 1. The second-order valence-corrected chi connectivity index (χ2v) is 7.16. The van der Waals surface area contributed by atoms with Crippen molar-refractivity contribution in [1.82, 2.24) is 5.32 Å². The van der Waals surface area contributed by atoms with Crippen LogP contribution in [0, 0.1) is 0 Å². The van der Waals surface area contributed by atoms with Gasteiger partial charge in [0.2, 0.25) is 0 Å². The van der Waals surface area contributed by atoms with Crippen LogP contribution in [0.4, 0.5) is 0 Å².